The van der Waals surface area contributed by atoms with Crippen LogP contribution in [0.15, 0.2) is 128 Å². The fraction of sp³-hybridized carbons (Fsp3) is 0.328. The number of esters is 3. The van der Waals surface area contributed by atoms with Crippen molar-refractivity contribution in [1.82, 2.24) is 30.0 Å². The number of rotatable bonds is 18. The molecule has 0 atom stereocenters. The minimum Gasteiger partial charge on any atom is -0.463 e. The number of nitrogens with zero attached hydrogens (tertiary/aromatic N) is 6. The minimum absolute atomic E-state index is 0.0313. The molecule has 0 aliphatic carbocycles. The van der Waals surface area contributed by atoms with E-state index in [1.54, 1.807) is 35.1 Å². The average molecular weight is 1090 g/mol. The Kier molecular flexibility index (Phi) is 22.1. The largest absolute Gasteiger partial charge is 0.463 e. The minimum atomic E-state index is -2.26. The molecule has 0 aliphatic heterocycles. The van der Waals surface area contributed by atoms with Gasteiger partial charge in [-0.15, -0.1) is 10.2 Å². The normalized spacial score (nSPS) is 11.2. The first-order valence-electron chi connectivity index (χ1n) is 26.0. The van der Waals surface area contributed by atoms with Crippen molar-refractivity contribution < 1.29 is 55.3 Å². The van der Waals surface area contributed by atoms with E-state index in [4.69, 9.17) is 14.2 Å². The first-order chi connectivity index (χ1) is 37.8. The van der Waals surface area contributed by atoms with Crippen LogP contribution in [0.1, 0.15) is 119 Å². The number of hydrogen-bond acceptors (Lipinski definition) is 11. The maximum Gasteiger partial charge on any atom is 0.338 e. The highest BCUT2D eigenvalue weighted by atomic mass is 19.2. The number of aromatic nitrogens is 6. The van der Waals surface area contributed by atoms with Gasteiger partial charge in [0.05, 0.1) is 49.6 Å². The molecule has 0 saturated carbocycles. The first-order valence-corrected chi connectivity index (χ1v) is 26.0. The monoisotopic (exact) mass is 1090 g/mol. The molecule has 7 aromatic carbocycles. The maximum absolute atomic E-state index is 13.2. The van der Waals surface area contributed by atoms with E-state index in [1.165, 1.54) is 51.7 Å². The molecule has 18 heteroatoms. The molecule has 9 rings (SSSR count). The predicted molar refractivity (Wildman–Crippen MR) is 292 cm³/mol. The molecule has 0 saturated heterocycles. The van der Waals surface area contributed by atoms with E-state index in [2.05, 4.69) is 93.8 Å². The molecule has 2 heterocycles. The third kappa shape index (κ3) is 17.2. The molecule has 2 aromatic heterocycles. The van der Waals surface area contributed by atoms with Crippen molar-refractivity contribution in [2.24, 2.45) is 0 Å². The number of hydrogen-bond donors (Lipinski definition) is 0. The van der Waals surface area contributed by atoms with Gasteiger partial charge in [-0.1, -0.05) is 114 Å². The van der Waals surface area contributed by atoms with E-state index < -0.39 is 53.1 Å². The molecule has 0 amide bonds. The number of benzene rings is 7. The summed E-state index contributed by atoms with van der Waals surface area (Å²) in [5.74, 6) is -12.1. The summed E-state index contributed by atoms with van der Waals surface area (Å²) < 4.78 is 88.8. The lowest BCUT2D eigenvalue weighted by atomic mass is 9.91. The molecule has 79 heavy (non-hydrogen) atoms. The van der Waals surface area contributed by atoms with E-state index in [-0.39, 0.29) is 30.7 Å². The molecule has 416 valence electrons. The van der Waals surface area contributed by atoms with Crippen LogP contribution in [0.4, 0.5) is 22.0 Å². The van der Waals surface area contributed by atoms with Crippen LogP contribution >= 0.6 is 0 Å². The van der Waals surface area contributed by atoms with Crippen molar-refractivity contribution in [1.29, 1.82) is 0 Å². The molecule has 0 bridgehead atoms. The summed E-state index contributed by atoms with van der Waals surface area (Å²) in [7, 11) is 0. The Balaban J connectivity index is 0.000000180. The van der Waals surface area contributed by atoms with Gasteiger partial charge in [-0.25, -0.2) is 36.1 Å². The van der Waals surface area contributed by atoms with Gasteiger partial charge in [0.25, 0.3) is 0 Å². The zero-order chi connectivity index (χ0) is 57.2. The number of unbranched alkanes of at least 4 members (excludes halogenated alkanes) is 1. The molecule has 0 aliphatic rings. The van der Waals surface area contributed by atoms with E-state index in [0.29, 0.717) is 30.3 Å². The van der Waals surface area contributed by atoms with Gasteiger partial charge < -0.3 is 18.9 Å². The van der Waals surface area contributed by atoms with Crippen molar-refractivity contribution in [2.45, 2.75) is 125 Å². The van der Waals surface area contributed by atoms with Crippen LogP contribution in [-0.4, -0.2) is 66.7 Å². The fourth-order valence-corrected chi connectivity index (χ4v) is 8.09. The molecule has 0 spiro atoms. The van der Waals surface area contributed by atoms with Gasteiger partial charge in [-0.2, -0.15) is 0 Å². The second-order valence-corrected chi connectivity index (χ2v) is 19.6. The van der Waals surface area contributed by atoms with Crippen LogP contribution < -0.4 is 0 Å². The lowest BCUT2D eigenvalue weighted by Crippen LogP contribution is -2.17. The van der Waals surface area contributed by atoms with Gasteiger partial charge in [-0.05, 0) is 130 Å². The van der Waals surface area contributed by atoms with E-state index in [0.717, 1.165) is 37.1 Å². The van der Waals surface area contributed by atoms with Crippen LogP contribution in [0, 0.1) is 29.1 Å². The summed E-state index contributed by atoms with van der Waals surface area (Å²) >= 11 is 0. The highest BCUT2D eigenvalue weighted by Gasteiger charge is 2.27. The predicted octanol–water partition coefficient (Wildman–Crippen LogP) is 13.6. The zero-order valence-electron chi connectivity index (χ0n) is 45.5. The van der Waals surface area contributed by atoms with Crippen LogP contribution in [-0.2, 0) is 61.0 Å². The molecular formula is C61H65F5N6O7. The third-order valence-corrected chi connectivity index (χ3v) is 11.9. The lowest BCUT2D eigenvalue weighted by molar-refractivity contribution is -0.147. The van der Waals surface area contributed by atoms with E-state index >= 15 is 0 Å². The highest BCUT2D eigenvalue weighted by Crippen LogP contribution is 2.36. The molecule has 9 aromatic rings. The second-order valence-electron chi connectivity index (χ2n) is 19.6. The van der Waals surface area contributed by atoms with Gasteiger partial charge in [0.1, 0.15) is 18.0 Å². The van der Waals surface area contributed by atoms with Crippen LogP contribution in [0.25, 0.3) is 32.3 Å². The second kappa shape index (κ2) is 29.0. The summed E-state index contributed by atoms with van der Waals surface area (Å²) in [6.07, 6.45) is 5.72. The highest BCUT2D eigenvalue weighted by molar-refractivity contribution is 6.23. The van der Waals surface area contributed by atoms with Gasteiger partial charge in [-0.3, -0.25) is 9.59 Å². The Morgan fingerprint density at radius 2 is 1.01 bits per heavy atom. The Bertz CT molecular complexity index is 3360. The smallest absolute Gasteiger partial charge is 0.338 e. The summed E-state index contributed by atoms with van der Waals surface area (Å²) in [6.45, 7) is 16.3. The van der Waals surface area contributed by atoms with Crippen molar-refractivity contribution in [3.63, 3.8) is 0 Å². The number of carbonyl (C=O) groups excluding carboxylic acids is 3. The third-order valence-electron chi connectivity index (χ3n) is 11.9. The van der Waals surface area contributed by atoms with E-state index in [1.807, 2.05) is 75.0 Å². The first kappa shape index (κ1) is 60.1. The Morgan fingerprint density at radius 3 is 1.56 bits per heavy atom. The molecule has 13 nitrogen and oxygen atoms in total. The summed E-state index contributed by atoms with van der Waals surface area (Å²) in [4.78, 5) is 34.0. The Labute approximate surface area is 456 Å². The van der Waals surface area contributed by atoms with Crippen molar-refractivity contribution >= 4 is 50.2 Å². The number of ether oxygens (including phenoxy) is 4. The summed E-state index contributed by atoms with van der Waals surface area (Å²) in [6, 6.07) is 39.2. The van der Waals surface area contributed by atoms with Crippen molar-refractivity contribution in [3.8, 4) is 0 Å². The van der Waals surface area contributed by atoms with Gasteiger partial charge in [0.15, 0.2) is 23.3 Å². The SMILES string of the molecule is CC(C)OC(=O)Cc1c(F)c(F)c(F)c(F)c1F.CC(C)OC(=O)Cc1ccccc1.CC(C)n1cc(COC(=O)c2ccccc2)nn1.CC(C)n1cc(COCCCCc2ccc3ccc4cccc5ccc2c3c45)nn1. The maximum atomic E-state index is 13.2. The van der Waals surface area contributed by atoms with Crippen LogP contribution in [0.5, 0.6) is 0 Å². The quantitative estimate of drug-likeness (QED) is 0.0154. The zero-order valence-corrected chi connectivity index (χ0v) is 45.5. The fourth-order valence-electron chi connectivity index (χ4n) is 8.09. The molecular weight excluding hydrogens is 1020 g/mol. The Hall–Kier alpha value is -8.12. The summed E-state index contributed by atoms with van der Waals surface area (Å²) in [5.41, 5.74) is 3.31. The molecule has 0 unspecified atom stereocenters. The summed E-state index contributed by atoms with van der Waals surface area (Å²) in [5, 5.41) is 24.3. The number of carbonyl (C=O) groups is 3. The topological polar surface area (TPSA) is 150 Å². The number of halogens is 5. The van der Waals surface area contributed by atoms with Crippen molar-refractivity contribution in [2.75, 3.05) is 6.61 Å². The van der Waals surface area contributed by atoms with Crippen LogP contribution in [0.3, 0.4) is 0 Å². The van der Waals surface area contributed by atoms with Crippen LogP contribution in [0.2, 0.25) is 0 Å². The molecule has 0 radical (unpaired) electrons. The van der Waals surface area contributed by atoms with Gasteiger partial charge in [0, 0.05) is 24.3 Å². The molecule has 0 fully saturated rings. The lowest BCUT2D eigenvalue weighted by Gasteiger charge is -2.14. The Morgan fingerprint density at radius 1 is 0.519 bits per heavy atom. The van der Waals surface area contributed by atoms with Crippen molar-refractivity contribution in [3.05, 3.63) is 190 Å². The van der Waals surface area contributed by atoms with Gasteiger partial charge >= 0.3 is 17.9 Å². The van der Waals surface area contributed by atoms with Gasteiger partial charge in [0.2, 0.25) is 5.82 Å². The number of aryl methyl sites for hydroxylation is 1. The standard InChI is InChI=1S/C26H27N3O.C13H15N3O2.C11H9F5O2.C11H14O2/c1-18(2)29-16-23(27-28-29)17-30-15-4-3-6-19-9-10-22-12-11-20-7-5-8-21-13-14-24(19)26(22)25(20)21;1-10(2)16-8-12(14-15-16)9-18-13(17)11-6-4-3-5-7-11;1-4(2)18-6(17)3-5-7(12)9(14)11(16)10(15)8(5)13;1-9(2)13-11(12)8-10-6-4-3-5-7-10/h5,7-14,16,18H,3-4,6,15,17H2,1-2H3;3-8,10H,9H2,1-2H3;4H,3H2,1-2H3;3-7,9H,8H2,1-2H3. The average Bonchev–Trinajstić information content (AvgIpc) is 4.16. The van der Waals surface area contributed by atoms with E-state index in [9.17, 15) is 36.3 Å². The molecule has 0 N–H and O–H groups in total.